The van der Waals surface area contributed by atoms with Gasteiger partial charge in [0.2, 0.25) is 0 Å². The van der Waals surface area contributed by atoms with E-state index >= 15 is 0 Å². The lowest BCUT2D eigenvalue weighted by molar-refractivity contribution is -0.181. The van der Waals surface area contributed by atoms with Gasteiger partial charge in [-0.1, -0.05) is 52.5 Å². The molecule has 2 saturated carbocycles. The minimum Gasteiger partial charge on any atom is -0.465 e. The molecule has 0 spiro atoms. The van der Waals surface area contributed by atoms with Gasteiger partial charge in [-0.25, -0.2) is 4.79 Å². The summed E-state index contributed by atoms with van der Waals surface area (Å²) in [6, 6.07) is 0. The van der Waals surface area contributed by atoms with Crippen molar-refractivity contribution in [3.63, 3.8) is 0 Å². The Labute approximate surface area is 219 Å². The van der Waals surface area contributed by atoms with Gasteiger partial charge in [-0.05, 0) is 38.7 Å². The van der Waals surface area contributed by atoms with Crippen molar-refractivity contribution < 1.29 is 38.5 Å². The maximum absolute atomic E-state index is 13.4. The Morgan fingerprint density at radius 2 is 1.89 bits per heavy atom. The molecule has 0 aromatic rings. The van der Waals surface area contributed by atoms with Crippen LogP contribution in [0.2, 0.25) is 0 Å². The monoisotopic (exact) mass is 516 g/mol. The fourth-order valence-electron chi connectivity index (χ4n) is 6.20. The minimum absolute atomic E-state index is 0.0758. The lowest BCUT2D eigenvalue weighted by Gasteiger charge is -2.60. The van der Waals surface area contributed by atoms with Gasteiger partial charge in [0, 0.05) is 28.2 Å². The lowest BCUT2D eigenvalue weighted by atomic mass is 9.45. The molecule has 37 heavy (non-hydrogen) atoms. The van der Waals surface area contributed by atoms with E-state index in [1.807, 2.05) is 6.92 Å². The number of carbonyl (C=O) groups excluding carboxylic acids is 4. The number of rotatable bonds is 7. The number of ether oxygens (including phenoxy) is 3. The molecule has 1 saturated heterocycles. The van der Waals surface area contributed by atoms with E-state index in [0.717, 1.165) is 0 Å². The number of hydrogen-bond acceptors (Lipinski definition) is 8. The molecule has 3 fully saturated rings. The van der Waals surface area contributed by atoms with Crippen LogP contribution in [0.5, 0.6) is 0 Å². The summed E-state index contributed by atoms with van der Waals surface area (Å²) in [5.74, 6) is -3.13. The SMILES string of the molecule is C=C1C(=O)C(O)C2(C)C(=C)CCC(OC(=O)C(C)C)C2C1(C)CC(OC(=O)C(C)=CC)C1COC(=O)C1. The van der Waals surface area contributed by atoms with Crippen LogP contribution in [0.4, 0.5) is 0 Å². The fourth-order valence-corrected chi connectivity index (χ4v) is 6.20. The van der Waals surface area contributed by atoms with Crippen LogP contribution >= 0.6 is 0 Å². The number of allylic oxidation sites excluding steroid dienone is 1. The molecule has 2 aliphatic carbocycles. The zero-order chi connectivity index (χ0) is 27.9. The van der Waals surface area contributed by atoms with Crippen molar-refractivity contribution in [1.29, 1.82) is 0 Å². The van der Waals surface area contributed by atoms with Crippen LogP contribution in [0.3, 0.4) is 0 Å². The molecule has 0 aromatic carbocycles. The van der Waals surface area contributed by atoms with Crippen molar-refractivity contribution in [2.24, 2.45) is 28.6 Å². The van der Waals surface area contributed by atoms with E-state index in [4.69, 9.17) is 14.2 Å². The molecule has 8 nitrogen and oxygen atoms in total. The number of carbonyl (C=O) groups is 4. The highest BCUT2D eigenvalue weighted by molar-refractivity contribution is 6.01. The zero-order valence-electron chi connectivity index (χ0n) is 22.8. The summed E-state index contributed by atoms with van der Waals surface area (Å²) in [4.78, 5) is 50.9. The second kappa shape index (κ2) is 10.6. The van der Waals surface area contributed by atoms with E-state index in [1.165, 1.54) is 0 Å². The number of aliphatic hydroxyl groups is 1. The normalized spacial score (nSPS) is 35.2. The van der Waals surface area contributed by atoms with Crippen molar-refractivity contribution in [2.45, 2.75) is 85.5 Å². The van der Waals surface area contributed by atoms with Crippen LogP contribution in [-0.4, -0.2) is 53.7 Å². The molecule has 1 aliphatic heterocycles. The summed E-state index contributed by atoms with van der Waals surface area (Å²) in [5, 5.41) is 11.2. The Bertz CT molecular complexity index is 1040. The first kappa shape index (κ1) is 28.8. The molecule has 0 bridgehead atoms. The molecule has 0 aromatic heterocycles. The van der Waals surface area contributed by atoms with Crippen LogP contribution in [-0.2, 0) is 33.4 Å². The number of fused-ring (bicyclic) bond motifs is 1. The van der Waals surface area contributed by atoms with Crippen LogP contribution < -0.4 is 0 Å². The Balaban J connectivity index is 2.11. The largest absolute Gasteiger partial charge is 0.465 e. The highest BCUT2D eigenvalue weighted by atomic mass is 16.6. The number of cyclic esters (lactones) is 1. The molecular formula is C29H40O8. The standard InChI is InChI=1S/C29H40O8/c1-9-16(4)27(34)37-21(19-12-22(30)35-14-19)13-28(7)18(6)23(31)25(32)29(8)17(5)10-11-20(24(28)29)36-26(33)15(2)3/h9,15,19-21,24-25,32H,5-6,10-14H2,1-4,7-8H3. The summed E-state index contributed by atoms with van der Waals surface area (Å²) in [5.41, 5.74) is -0.850. The summed E-state index contributed by atoms with van der Waals surface area (Å²) < 4.78 is 17.1. The second-order valence-corrected chi connectivity index (χ2v) is 11.5. The molecule has 204 valence electrons. The average Bonchev–Trinajstić information content (AvgIpc) is 3.29. The molecular weight excluding hydrogens is 476 g/mol. The van der Waals surface area contributed by atoms with E-state index in [9.17, 15) is 24.3 Å². The van der Waals surface area contributed by atoms with Gasteiger partial charge in [0.05, 0.1) is 18.9 Å². The van der Waals surface area contributed by atoms with E-state index in [-0.39, 0.29) is 42.9 Å². The maximum Gasteiger partial charge on any atom is 0.333 e. The van der Waals surface area contributed by atoms with Crippen LogP contribution in [0.25, 0.3) is 0 Å². The van der Waals surface area contributed by atoms with E-state index in [1.54, 1.807) is 40.7 Å². The summed E-state index contributed by atoms with van der Waals surface area (Å²) >= 11 is 0. The smallest absolute Gasteiger partial charge is 0.333 e. The van der Waals surface area contributed by atoms with Gasteiger partial charge in [0.15, 0.2) is 5.78 Å². The van der Waals surface area contributed by atoms with E-state index in [2.05, 4.69) is 13.2 Å². The minimum atomic E-state index is -1.39. The quantitative estimate of drug-likeness (QED) is 0.235. The third-order valence-electron chi connectivity index (χ3n) is 8.79. The van der Waals surface area contributed by atoms with Gasteiger partial charge in [-0.2, -0.15) is 0 Å². The van der Waals surface area contributed by atoms with Crippen molar-refractivity contribution in [3.8, 4) is 0 Å². The van der Waals surface area contributed by atoms with Crippen LogP contribution in [0.1, 0.15) is 67.2 Å². The van der Waals surface area contributed by atoms with Gasteiger partial charge < -0.3 is 19.3 Å². The van der Waals surface area contributed by atoms with Crippen LogP contribution in [0, 0.1) is 28.6 Å². The zero-order valence-corrected chi connectivity index (χ0v) is 22.8. The molecule has 0 radical (unpaired) electrons. The van der Waals surface area contributed by atoms with Gasteiger partial charge in [0.25, 0.3) is 0 Å². The molecule has 7 unspecified atom stereocenters. The third kappa shape index (κ3) is 5.05. The predicted molar refractivity (Wildman–Crippen MR) is 136 cm³/mol. The molecule has 3 aliphatic rings. The topological polar surface area (TPSA) is 116 Å². The molecule has 7 atom stereocenters. The lowest BCUT2D eigenvalue weighted by Crippen LogP contribution is -2.64. The number of ketones is 1. The number of esters is 3. The van der Waals surface area contributed by atoms with Gasteiger partial charge in [0.1, 0.15) is 18.3 Å². The summed E-state index contributed by atoms with van der Waals surface area (Å²) in [6.07, 6.45) is 0.0249. The first-order valence-electron chi connectivity index (χ1n) is 13.0. The predicted octanol–water partition coefficient (Wildman–Crippen LogP) is 3.86. The summed E-state index contributed by atoms with van der Waals surface area (Å²) in [6.45, 7) is 18.9. The Kier molecular flexibility index (Phi) is 8.22. The molecule has 1 N–H and O–H groups in total. The number of Topliss-reactive ketones (excluding diaryl/α,β-unsaturated/α-hetero) is 1. The summed E-state index contributed by atoms with van der Waals surface area (Å²) in [7, 11) is 0. The maximum atomic E-state index is 13.4. The highest BCUT2D eigenvalue weighted by Gasteiger charge is 2.65. The number of aliphatic hydroxyl groups excluding tert-OH is 1. The third-order valence-corrected chi connectivity index (χ3v) is 8.79. The van der Waals surface area contributed by atoms with Crippen molar-refractivity contribution in [2.75, 3.05) is 6.61 Å². The van der Waals surface area contributed by atoms with Crippen molar-refractivity contribution >= 4 is 23.7 Å². The molecule has 1 heterocycles. The first-order chi connectivity index (χ1) is 17.2. The Morgan fingerprint density at radius 3 is 2.43 bits per heavy atom. The van der Waals surface area contributed by atoms with E-state index < -0.39 is 52.7 Å². The van der Waals surface area contributed by atoms with Crippen molar-refractivity contribution in [1.82, 2.24) is 0 Å². The van der Waals surface area contributed by atoms with Crippen LogP contribution in [0.15, 0.2) is 36.0 Å². The van der Waals surface area contributed by atoms with Crippen molar-refractivity contribution in [3.05, 3.63) is 36.0 Å². The van der Waals surface area contributed by atoms with E-state index in [0.29, 0.717) is 24.0 Å². The van der Waals surface area contributed by atoms with Gasteiger partial charge in [-0.3, -0.25) is 14.4 Å². The molecule has 3 rings (SSSR count). The van der Waals surface area contributed by atoms with Gasteiger partial charge >= 0.3 is 17.9 Å². The first-order valence-corrected chi connectivity index (χ1v) is 13.0. The number of hydrogen-bond donors (Lipinski definition) is 1. The van der Waals surface area contributed by atoms with Gasteiger partial charge in [-0.15, -0.1) is 0 Å². The molecule has 8 heteroatoms. The second-order valence-electron chi connectivity index (χ2n) is 11.5. The Morgan fingerprint density at radius 1 is 1.24 bits per heavy atom. The molecule has 0 amide bonds. The Hall–Kier alpha value is -2.74. The fraction of sp³-hybridized carbons (Fsp3) is 0.655. The average molecular weight is 517 g/mol. The highest BCUT2D eigenvalue weighted by Crippen LogP contribution is 2.62.